The lowest BCUT2D eigenvalue weighted by molar-refractivity contribution is -0.118. The van der Waals surface area contributed by atoms with Crippen LogP contribution in [0.4, 0.5) is 0 Å². The molecule has 0 radical (unpaired) electrons. The summed E-state index contributed by atoms with van der Waals surface area (Å²) in [4.78, 5) is 29.8. The maximum Gasteiger partial charge on any atom is 0.289 e. The van der Waals surface area contributed by atoms with E-state index in [1.807, 2.05) is 13.8 Å². The molecule has 1 rings (SSSR count). The molecular formula is C13H20ClN3O2. The summed E-state index contributed by atoms with van der Waals surface area (Å²) in [7, 11) is 0. The molecular weight excluding hydrogens is 266 g/mol. The van der Waals surface area contributed by atoms with Crippen molar-refractivity contribution in [2.75, 3.05) is 13.1 Å². The predicted molar refractivity (Wildman–Crippen MR) is 74.5 cm³/mol. The standard InChI is InChI=1S/C13H20ClN3O2/c1-6-16(7-2)13(19)12-15-8(3)9(4)17(12)11(14)10(5)18/h11H,6-7H2,1-5H3. The second-order valence-electron chi connectivity index (χ2n) is 4.40. The van der Waals surface area contributed by atoms with Crippen LogP contribution in [-0.2, 0) is 4.79 Å². The van der Waals surface area contributed by atoms with Crippen LogP contribution in [0.1, 0.15) is 48.3 Å². The molecule has 19 heavy (non-hydrogen) atoms. The third-order valence-corrected chi connectivity index (χ3v) is 3.69. The Balaban J connectivity index is 3.32. The van der Waals surface area contributed by atoms with Gasteiger partial charge in [0.25, 0.3) is 5.91 Å². The number of hydrogen-bond donors (Lipinski definition) is 0. The van der Waals surface area contributed by atoms with Crippen LogP contribution in [0.25, 0.3) is 0 Å². The number of amides is 1. The number of hydrogen-bond acceptors (Lipinski definition) is 3. The van der Waals surface area contributed by atoms with Gasteiger partial charge in [0.1, 0.15) is 0 Å². The average molecular weight is 286 g/mol. The zero-order valence-corrected chi connectivity index (χ0v) is 12.8. The second-order valence-corrected chi connectivity index (χ2v) is 4.81. The molecule has 0 saturated heterocycles. The van der Waals surface area contributed by atoms with Gasteiger partial charge in [-0.1, -0.05) is 11.6 Å². The van der Waals surface area contributed by atoms with Crippen LogP contribution in [0.2, 0.25) is 0 Å². The summed E-state index contributed by atoms with van der Waals surface area (Å²) in [5, 5.41) is 0. The zero-order valence-electron chi connectivity index (χ0n) is 12.0. The van der Waals surface area contributed by atoms with Crippen LogP contribution in [0, 0.1) is 13.8 Å². The molecule has 0 spiro atoms. The van der Waals surface area contributed by atoms with E-state index in [1.54, 1.807) is 18.7 Å². The number of aryl methyl sites for hydroxylation is 1. The summed E-state index contributed by atoms with van der Waals surface area (Å²) in [6.45, 7) is 9.99. The van der Waals surface area contributed by atoms with E-state index in [2.05, 4.69) is 4.98 Å². The maximum atomic E-state index is 12.4. The Bertz CT molecular complexity index is 492. The fourth-order valence-corrected chi connectivity index (χ4v) is 2.13. The van der Waals surface area contributed by atoms with Crippen molar-refractivity contribution in [1.82, 2.24) is 14.5 Å². The number of halogens is 1. The molecule has 0 bridgehead atoms. The van der Waals surface area contributed by atoms with E-state index < -0.39 is 5.50 Å². The van der Waals surface area contributed by atoms with Crippen LogP contribution >= 0.6 is 11.6 Å². The summed E-state index contributed by atoms with van der Waals surface area (Å²) in [5.41, 5.74) is 0.559. The molecule has 0 saturated carbocycles. The normalized spacial score (nSPS) is 12.3. The number of nitrogens with zero attached hydrogens (tertiary/aromatic N) is 3. The Hall–Kier alpha value is -1.36. The highest BCUT2D eigenvalue weighted by Crippen LogP contribution is 2.22. The van der Waals surface area contributed by atoms with Crippen molar-refractivity contribution in [3.8, 4) is 0 Å². The van der Waals surface area contributed by atoms with Crippen LogP contribution < -0.4 is 0 Å². The zero-order chi connectivity index (χ0) is 14.7. The van der Waals surface area contributed by atoms with Gasteiger partial charge in [-0.15, -0.1) is 0 Å². The summed E-state index contributed by atoms with van der Waals surface area (Å²) in [6, 6.07) is 0. The van der Waals surface area contributed by atoms with Crippen molar-refractivity contribution >= 4 is 23.3 Å². The number of rotatable bonds is 5. The molecule has 6 heteroatoms. The first kappa shape index (κ1) is 15.7. The van der Waals surface area contributed by atoms with E-state index >= 15 is 0 Å². The molecule has 1 aromatic heterocycles. The minimum absolute atomic E-state index is 0.201. The third-order valence-electron chi connectivity index (χ3n) is 3.19. The molecule has 0 N–H and O–H groups in total. The van der Waals surface area contributed by atoms with Crippen molar-refractivity contribution in [1.29, 1.82) is 0 Å². The molecule has 1 amide bonds. The lowest BCUT2D eigenvalue weighted by Crippen LogP contribution is -2.33. The highest BCUT2D eigenvalue weighted by atomic mass is 35.5. The lowest BCUT2D eigenvalue weighted by atomic mass is 10.3. The number of imidazole rings is 1. The van der Waals surface area contributed by atoms with Crippen molar-refractivity contribution in [3.63, 3.8) is 0 Å². The summed E-state index contributed by atoms with van der Waals surface area (Å²) in [5.74, 6) is -0.183. The molecule has 1 heterocycles. The topological polar surface area (TPSA) is 55.2 Å². The van der Waals surface area contributed by atoms with E-state index in [-0.39, 0.29) is 17.5 Å². The van der Waals surface area contributed by atoms with Crippen LogP contribution in [0.5, 0.6) is 0 Å². The highest BCUT2D eigenvalue weighted by Gasteiger charge is 2.27. The van der Waals surface area contributed by atoms with Crippen LogP contribution in [-0.4, -0.2) is 39.2 Å². The largest absolute Gasteiger partial charge is 0.337 e. The van der Waals surface area contributed by atoms with Gasteiger partial charge in [-0.2, -0.15) is 0 Å². The quantitative estimate of drug-likeness (QED) is 0.780. The lowest BCUT2D eigenvalue weighted by Gasteiger charge is -2.20. The molecule has 1 unspecified atom stereocenters. The van der Waals surface area contributed by atoms with Gasteiger partial charge < -0.3 is 9.47 Å². The number of Topliss-reactive ketones (excluding diaryl/α,β-unsaturated/α-hetero) is 1. The molecule has 106 valence electrons. The summed E-state index contributed by atoms with van der Waals surface area (Å²) >= 11 is 6.10. The van der Waals surface area contributed by atoms with E-state index in [9.17, 15) is 9.59 Å². The van der Waals surface area contributed by atoms with Gasteiger partial charge in [0.2, 0.25) is 5.82 Å². The molecule has 0 fully saturated rings. The first-order valence-corrected chi connectivity index (χ1v) is 6.77. The Morgan fingerprint density at radius 2 is 1.84 bits per heavy atom. The van der Waals surface area contributed by atoms with Crippen molar-refractivity contribution < 1.29 is 9.59 Å². The molecule has 1 aromatic rings. The Morgan fingerprint density at radius 3 is 2.26 bits per heavy atom. The van der Waals surface area contributed by atoms with E-state index in [4.69, 9.17) is 11.6 Å². The predicted octanol–water partition coefficient (Wildman–Crippen LogP) is 2.31. The van der Waals surface area contributed by atoms with E-state index in [0.717, 1.165) is 5.69 Å². The van der Waals surface area contributed by atoms with Crippen LogP contribution in [0.15, 0.2) is 0 Å². The Labute approximate surface area is 118 Å². The molecule has 0 aliphatic heterocycles. The minimum Gasteiger partial charge on any atom is -0.337 e. The molecule has 0 aromatic carbocycles. The van der Waals surface area contributed by atoms with Gasteiger partial charge in [-0.25, -0.2) is 4.98 Å². The summed E-state index contributed by atoms with van der Waals surface area (Å²) < 4.78 is 1.51. The fourth-order valence-electron chi connectivity index (χ4n) is 1.89. The monoisotopic (exact) mass is 285 g/mol. The van der Waals surface area contributed by atoms with Gasteiger partial charge in [-0.05, 0) is 34.6 Å². The SMILES string of the molecule is CCN(CC)C(=O)c1nc(C)c(C)n1C(Cl)C(C)=O. The molecule has 0 aliphatic rings. The second kappa shape index (κ2) is 6.19. The summed E-state index contributed by atoms with van der Waals surface area (Å²) in [6.07, 6.45) is 0. The van der Waals surface area contributed by atoms with Crippen molar-refractivity contribution in [2.24, 2.45) is 0 Å². The molecule has 5 nitrogen and oxygen atoms in total. The maximum absolute atomic E-state index is 12.4. The number of aromatic nitrogens is 2. The van der Waals surface area contributed by atoms with E-state index in [1.165, 1.54) is 11.5 Å². The van der Waals surface area contributed by atoms with Gasteiger partial charge in [0.15, 0.2) is 11.3 Å². The first-order valence-electron chi connectivity index (χ1n) is 6.34. The Kier molecular flexibility index (Phi) is 5.11. The van der Waals surface area contributed by atoms with Gasteiger partial charge in [-0.3, -0.25) is 9.59 Å². The van der Waals surface area contributed by atoms with E-state index in [0.29, 0.717) is 18.8 Å². The number of carbonyl (C=O) groups is 2. The fraction of sp³-hybridized carbons (Fsp3) is 0.615. The molecule has 0 aliphatic carbocycles. The average Bonchev–Trinajstić information content (AvgIpc) is 2.66. The Morgan fingerprint density at radius 1 is 1.32 bits per heavy atom. The minimum atomic E-state index is -0.893. The highest BCUT2D eigenvalue weighted by molar-refractivity contribution is 6.29. The number of ketones is 1. The first-order chi connectivity index (χ1) is 8.84. The number of alkyl halides is 1. The van der Waals surface area contributed by atoms with Crippen molar-refractivity contribution in [2.45, 2.75) is 40.1 Å². The number of carbonyl (C=O) groups excluding carboxylic acids is 2. The smallest absolute Gasteiger partial charge is 0.289 e. The van der Waals surface area contributed by atoms with Gasteiger partial charge in [0.05, 0.1) is 5.69 Å². The molecule has 1 atom stereocenters. The third kappa shape index (κ3) is 2.97. The van der Waals surface area contributed by atoms with Crippen molar-refractivity contribution in [3.05, 3.63) is 17.2 Å². The van der Waals surface area contributed by atoms with Gasteiger partial charge >= 0.3 is 0 Å². The van der Waals surface area contributed by atoms with Gasteiger partial charge in [0, 0.05) is 18.8 Å². The van der Waals surface area contributed by atoms with Crippen LogP contribution in [0.3, 0.4) is 0 Å².